The average Bonchev–Trinajstić information content (AvgIpc) is 2.80. The predicted octanol–water partition coefficient (Wildman–Crippen LogP) is 0.456. The molecule has 0 bridgehead atoms. The summed E-state index contributed by atoms with van der Waals surface area (Å²) in [4.78, 5) is 0. The van der Waals surface area contributed by atoms with Crippen LogP contribution < -0.4 is 10.0 Å². The molecule has 0 aliphatic carbocycles. The van der Waals surface area contributed by atoms with Crippen LogP contribution in [0.2, 0.25) is 0 Å². The monoisotopic (exact) mass is 274 g/mol. The van der Waals surface area contributed by atoms with Gasteiger partial charge >= 0.3 is 0 Å². The van der Waals surface area contributed by atoms with E-state index in [2.05, 4.69) is 10.0 Å². The van der Waals surface area contributed by atoms with E-state index < -0.39 is 10.0 Å². The second-order valence-electron chi connectivity index (χ2n) is 4.26. The minimum Gasteiger partial charge on any atom is -0.447 e. The summed E-state index contributed by atoms with van der Waals surface area (Å²) in [5.41, 5.74) is 0. The molecule has 1 fully saturated rings. The molecule has 1 aliphatic heterocycles. The number of nitrogens with one attached hydrogen (secondary N) is 2. The maximum atomic E-state index is 12.1. The molecular formula is C11H18N2O4S. The summed E-state index contributed by atoms with van der Waals surface area (Å²) < 4.78 is 37.2. The molecule has 2 rings (SSSR count). The molecule has 1 saturated heterocycles. The van der Waals surface area contributed by atoms with E-state index >= 15 is 0 Å². The van der Waals surface area contributed by atoms with E-state index in [0.717, 1.165) is 0 Å². The molecule has 1 aromatic heterocycles. The number of rotatable bonds is 5. The molecule has 6 nitrogen and oxygen atoms in total. The molecule has 0 aromatic carbocycles. The van der Waals surface area contributed by atoms with Crippen LogP contribution in [0.5, 0.6) is 0 Å². The standard InChI is InChI=1S/C11H18N2O4S/c1-12-8-10-2-3-11(17-10)18(14,15)13-9-4-6-16-7-5-9/h2-3,9,12-13H,4-8H2,1H3. The van der Waals surface area contributed by atoms with Crippen molar-refractivity contribution in [2.75, 3.05) is 20.3 Å². The van der Waals surface area contributed by atoms with Crippen molar-refractivity contribution in [1.82, 2.24) is 10.0 Å². The van der Waals surface area contributed by atoms with E-state index in [1.54, 1.807) is 13.1 Å². The van der Waals surface area contributed by atoms with Gasteiger partial charge in [0.25, 0.3) is 10.0 Å². The van der Waals surface area contributed by atoms with Crippen LogP contribution in [0.1, 0.15) is 18.6 Å². The Labute approximate surface area is 107 Å². The van der Waals surface area contributed by atoms with Crippen LogP contribution in [0.15, 0.2) is 21.6 Å². The third kappa shape index (κ3) is 3.32. The van der Waals surface area contributed by atoms with Crippen molar-refractivity contribution in [3.63, 3.8) is 0 Å². The molecule has 2 N–H and O–H groups in total. The van der Waals surface area contributed by atoms with E-state index in [1.165, 1.54) is 6.07 Å². The predicted molar refractivity (Wildman–Crippen MR) is 65.6 cm³/mol. The molecule has 0 atom stereocenters. The fraction of sp³-hybridized carbons (Fsp3) is 0.636. The Hall–Kier alpha value is -0.890. The fourth-order valence-electron chi connectivity index (χ4n) is 1.86. The summed E-state index contributed by atoms with van der Waals surface area (Å²) in [6.45, 7) is 1.69. The second kappa shape index (κ2) is 5.83. The van der Waals surface area contributed by atoms with Crippen molar-refractivity contribution in [3.05, 3.63) is 17.9 Å². The molecule has 0 radical (unpaired) electrons. The van der Waals surface area contributed by atoms with Gasteiger partial charge in [0.1, 0.15) is 5.76 Å². The van der Waals surface area contributed by atoms with Gasteiger partial charge in [0.05, 0.1) is 6.54 Å². The van der Waals surface area contributed by atoms with Crippen LogP contribution in [-0.2, 0) is 21.3 Å². The van der Waals surface area contributed by atoms with Gasteiger partial charge in [-0.05, 0) is 32.0 Å². The van der Waals surface area contributed by atoms with Gasteiger partial charge in [-0.15, -0.1) is 0 Å². The molecule has 2 heterocycles. The van der Waals surface area contributed by atoms with Crippen molar-refractivity contribution >= 4 is 10.0 Å². The molecule has 7 heteroatoms. The van der Waals surface area contributed by atoms with E-state index in [-0.39, 0.29) is 11.1 Å². The van der Waals surface area contributed by atoms with Gasteiger partial charge < -0.3 is 14.5 Å². The Kier molecular flexibility index (Phi) is 4.39. The first-order chi connectivity index (χ1) is 8.62. The lowest BCUT2D eigenvalue weighted by Crippen LogP contribution is -2.38. The zero-order valence-electron chi connectivity index (χ0n) is 10.3. The maximum absolute atomic E-state index is 12.1. The van der Waals surface area contributed by atoms with Crippen LogP contribution in [0.3, 0.4) is 0 Å². The Bertz CT molecular complexity index is 477. The lowest BCUT2D eigenvalue weighted by atomic mass is 10.1. The van der Waals surface area contributed by atoms with Crippen molar-refractivity contribution in [1.29, 1.82) is 0 Å². The largest absolute Gasteiger partial charge is 0.447 e. The quantitative estimate of drug-likeness (QED) is 0.815. The Morgan fingerprint density at radius 3 is 2.72 bits per heavy atom. The highest BCUT2D eigenvalue weighted by Crippen LogP contribution is 2.16. The number of ether oxygens (including phenoxy) is 1. The molecular weight excluding hydrogens is 256 g/mol. The normalized spacial score (nSPS) is 18.1. The Morgan fingerprint density at radius 1 is 1.33 bits per heavy atom. The summed E-state index contributed by atoms with van der Waals surface area (Å²) in [5, 5.41) is 2.88. The third-order valence-electron chi connectivity index (χ3n) is 2.80. The minimum atomic E-state index is -3.56. The molecule has 18 heavy (non-hydrogen) atoms. The lowest BCUT2D eigenvalue weighted by Gasteiger charge is -2.22. The Balaban J connectivity index is 2.04. The highest BCUT2D eigenvalue weighted by Gasteiger charge is 2.24. The maximum Gasteiger partial charge on any atom is 0.274 e. The topological polar surface area (TPSA) is 80.6 Å². The Morgan fingerprint density at radius 2 is 2.06 bits per heavy atom. The summed E-state index contributed by atoms with van der Waals surface area (Å²) in [5.74, 6) is 0.602. The first-order valence-corrected chi connectivity index (χ1v) is 7.43. The smallest absolute Gasteiger partial charge is 0.274 e. The van der Waals surface area contributed by atoms with Gasteiger partial charge in [-0.25, -0.2) is 13.1 Å². The first kappa shape index (κ1) is 13.5. The molecule has 0 unspecified atom stereocenters. The van der Waals surface area contributed by atoms with Crippen LogP contribution in [0, 0.1) is 0 Å². The molecule has 0 saturated carbocycles. The first-order valence-electron chi connectivity index (χ1n) is 5.95. The van der Waals surface area contributed by atoms with E-state index in [1.807, 2.05) is 0 Å². The summed E-state index contributed by atoms with van der Waals surface area (Å²) in [6.07, 6.45) is 1.40. The summed E-state index contributed by atoms with van der Waals surface area (Å²) in [7, 11) is -1.78. The van der Waals surface area contributed by atoms with Crippen LogP contribution in [0.4, 0.5) is 0 Å². The van der Waals surface area contributed by atoms with Crippen molar-refractivity contribution in [2.24, 2.45) is 0 Å². The van der Waals surface area contributed by atoms with Gasteiger partial charge in [0, 0.05) is 19.3 Å². The number of hydrogen-bond donors (Lipinski definition) is 2. The van der Waals surface area contributed by atoms with Gasteiger partial charge in [-0.2, -0.15) is 0 Å². The van der Waals surface area contributed by atoms with Crippen molar-refractivity contribution in [3.8, 4) is 0 Å². The number of sulfonamides is 1. The molecule has 0 spiro atoms. The minimum absolute atomic E-state index is 0.0285. The average molecular weight is 274 g/mol. The van der Waals surface area contributed by atoms with E-state index in [0.29, 0.717) is 38.4 Å². The van der Waals surface area contributed by atoms with E-state index in [4.69, 9.17) is 9.15 Å². The van der Waals surface area contributed by atoms with Gasteiger partial charge in [0.15, 0.2) is 0 Å². The highest BCUT2D eigenvalue weighted by molar-refractivity contribution is 7.89. The lowest BCUT2D eigenvalue weighted by molar-refractivity contribution is 0.0831. The molecule has 0 amide bonds. The van der Waals surface area contributed by atoms with Gasteiger partial charge in [-0.1, -0.05) is 0 Å². The highest BCUT2D eigenvalue weighted by atomic mass is 32.2. The zero-order chi connectivity index (χ0) is 13.0. The third-order valence-corrected chi connectivity index (χ3v) is 4.19. The summed E-state index contributed by atoms with van der Waals surface area (Å²) in [6, 6.07) is 3.07. The number of furan rings is 1. The fourth-order valence-corrected chi connectivity index (χ4v) is 3.12. The van der Waals surface area contributed by atoms with Crippen molar-refractivity contribution in [2.45, 2.75) is 30.5 Å². The number of hydrogen-bond acceptors (Lipinski definition) is 5. The van der Waals surface area contributed by atoms with Crippen molar-refractivity contribution < 1.29 is 17.6 Å². The van der Waals surface area contributed by atoms with Crippen LogP contribution in [0.25, 0.3) is 0 Å². The zero-order valence-corrected chi connectivity index (χ0v) is 11.1. The van der Waals surface area contributed by atoms with Crippen LogP contribution >= 0.6 is 0 Å². The van der Waals surface area contributed by atoms with Crippen LogP contribution in [-0.4, -0.2) is 34.7 Å². The SMILES string of the molecule is CNCc1ccc(S(=O)(=O)NC2CCOCC2)o1. The van der Waals surface area contributed by atoms with Gasteiger partial charge in [0.2, 0.25) is 5.09 Å². The summed E-state index contributed by atoms with van der Waals surface area (Å²) >= 11 is 0. The second-order valence-corrected chi connectivity index (χ2v) is 5.90. The molecule has 1 aliphatic rings. The van der Waals surface area contributed by atoms with Gasteiger partial charge in [-0.3, -0.25) is 0 Å². The molecule has 102 valence electrons. The van der Waals surface area contributed by atoms with E-state index in [9.17, 15) is 8.42 Å². The molecule has 1 aromatic rings.